The molecule has 2 aliphatic rings. The number of methoxy groups -OCH3 is 2. The van der Waals surface area contributed by atoms with Gasteiger partial charge in [-0.25, -0.2) is 4.79 Å². The molecule has 0 spiro atoms. The smallest absolute Gasteiger partial charge is 0.331 e. The summed E-state index contributed by atoms with van der Waals surface area (Å²) in [5.41, 5.74) is 2.02. The molecular formula is C29H23N3O7. The Morgan fingerprint density at radius 2 is 1.41 bits per heavy atom. The molecule has 0 aliphatic carbocycles. The molecule has 10 heteroatoms. The molecule has 0 unspecified atom stereocenters. The Morgan fingerprint density at radius 3 is 2.03 bits per heavy atom. The van der Waals surface area contributed by atoms with Gasteiger partial charge >= 0.3 is 6.03 Å². The van der Waals surface area contributed by atoms with Crippen LogP contribution >= 0.6 is 0 Å². The van der Waals surface area contributed by atoms with E-state index in [0.717, 1.165) is 9.80 Å². The average molecular weight is 526 g/mol. The highest BCUT2D eigenvalue weighted by Crippen LogP contribution is 2.29. The number of nitrogens with zero attached hydrogens (tertiary/aromatic N) is 2. The minimum atomic E-state index is -0.825. The minimum absolute atomic E-state index is 0.0487. The molecular weight excluding hydrogens is 502 g/mol. The molecule has 2 aliphatic heterocycles. The highest BCUT2D eigenvalue weighted by molar-refractivity contribution is 6.31. The van der Waals surface area contributed by atoms with Gasteiger partial charge < -0.3 is 9.47 Å². The van der Waals surface area contributed by atoms with Gasteiger partial charge in [-0.2, -0.15) is 0 Å². The van der Waals surface area contributed by atoms with Crippen LogP contribution in [0.25, 0.3) is 6.08 Å². The molecule has 0 atom stereocenters. The van der Waals surface area contributed by atoms with Crippen LogP contribution in [-0.2, 0) is 22.7 Å². The van der Waals surface area contributed by atoms with Gasteiger partial charge in [-0.15, -0.1) is 0 Å². The Morgan fingerprint density at radius 1 is 0.744 bits per heavy atom. The molecule has 196 valence electrons. The van der Waals surface area contributed by atoms with E-state index in [0.29, 0.717) is 39.3 Å². The van der Waals surface area contributed by atoms with Gasteiger partial charge in [0.2, 0.25) is 0 Å². The average Bonchev–Trinajstić information content (AvgIpc) is 3.18. The SMILES string of the molecule is COc1ccc(CN2C(=O)NC(=O)C(=Cc3ccc(OC)c(CN4C(=O)c5ccccc5C4=O)c3)C2=O)cc1. The van der Waals surface area contributed by atoms with Crippen molar-refractivity contribution in [2.75, 3.05) is 14.2 Å². The van der Waals surface area contributed by atoms with E-state index in [-0.39, 0.29) is 18.7 Å². The van der Waals surface area contributed by atoms with Crippen molar-refractivity contribution in [3.63, 3.8) is 0 Å². The van der Waals surface area contributed by atoms with E-state index in [1.807, 2.05) is 0 Å². The fraction of sp³-hybridized carbons (Fsp3) is 0.138. The maximum Gasteiger partial charge on any atom is 0.331 e. The van der Waals surface area contributed by atoms with Gasteiger partial charge in [0.15, 0.2) is 0 Å². The van der Waals surface area contributed by atoms with Gasteiger partial charge in [-0.05, 0) is 53.6 Å². The van der Waals surface area contributed by atoms with E-state index in [1.165, 1.54) is 20.3 Å². The van der Waals surface area contributed by atoms with Crippen LogP contribution in [0.3, 0.4) is 0 Å². The molecule has 3 aromatic rings. The quantitative estimate of drug-likeness (QED) is 0.286. The molecule has 1 N–H and O–H groups in total. The van der Waals surface area contributed by atoms with Gasteiger partial charge in [0, 0.05) is 5.56 Å². The predicted molar refractivity (Wildman–Crippen MR) is 139 cm³/mol. The van der Waals surface area contributed by atoms with Crippen molar-refractivity contribution in [3.8, 4) is 11.5 Å². The van der Waals surface area contributed by atoms with E-state index in [2.05, 4.69) is 5.32 Å². The summed E-state index contributed by atoms with van der Waals surface area (Å²) >= 11 is 0. The first-order valence-corrected chi connectivity index (χ1v) is 11.9. The van der Waals surface area contributed by atoms with Crippen LogP contribution in [-0.4, -0.2) is 53.7 Å². The molecule has 0 saturated carbocycles. The number of imide groups is 3. The van der Waals surface area contributed by atoms with Crippen molar-refractivity contribution >= 4 is 35.7 Å². The van der Waals surface area contributed by atoms with Gasteiger partial charge in [0.05, 0.1) is 38.4 Å². The van der Waals surface area contributed by atoms with Crippen molar-refractivity contribution < 1.29 is 33.4 Å². The number of hydrogen-bond acceptors (Lipinski definition) is 7. The number of rotatable bonds is 7. The van der Waals surface area contributed by atoms with Crippen LogP contribution in [0, 0.1) is 0 Å². The lowest BCUT2D eigenvalue weighted by molar-refractivity contribution is -0.130. The molecule has 39 heavy (non-hydrogen) atoms. The van der Waals surface area contributed by atoms with E-state index in [9.17, 15) is 24.0 Å². The second-order valence-electron chi connectivity index (χ2n) is 8.87. The van der Waals surface area contributed by atoms with Crippen molar-refractivity contribution in [1.29, 1.82) is 0 Å². The summed E-state index contributed by atoms with van der Waals surface area (Å²) < 4.78 is 10.6. The van der Waals surface area contributed by atoms with Crippen LogP contribution in [0.5, 0.6) is 11.5 Å². The molecule has 6 amide bonds. The zero-order valence-corrected chi connectivity index (χ0v) is 21.1. The summed E-state index contributed by atoms with van der Waals surface area (Å²) in [6.07, 6.45) is 1.36. The van der Waals surface area contributed by atoms with Crippen molar-refractivity contribution in [1.82, 2.24) is 15.1 Å². The summed E-state index contributed by atoms with van der Waals surface area (Å²) in [5, 5.41) is 2.20. The Kier molecular flexibility index (Phi) is 6.68. The predicted octanol–water partition coefficient (Wildman–Crippen LogP) is 3.16. The standard InChI is InChI=1S/C29H23N3O7/c1-38-20-10-7-17(8-11-20)15-32-28(36)23(25(33)30-29(32)37)14-18-9-12-24(39-2)19(13-18)16-31-26(34)21-5-3-4-6-22(21)27(31)35/h3-14H,15-16H2,1-2H3,(H,30,33,37). The topological polar surface area (TPSA) is 122 Å². The summed E-state index contributed by atoms with van der Waals surface area (Å²) in [6, 6.07) is 17.5. The lowest BCUT2D eigenvalue weighted by Gasteiger charge is -2.26. The second-order valence-corrected chi connectivity index (χ2v) is 8.87. The van der Waals surface area contributed by atoms with E-state index >= 15 is 0 Å². The third-order valence-corrected chi connectivity index (χ3v) is 6.51. The maximum absolute atomic E-state index is 13.2. The van der Waals surface area contributed by atoms with Gasteiger partial charge in [-0.3, -0.25) is 34.3 Å². The largest absolute Gasteiger partial charge is 0.497 e. The molecule has 2 heterocycles. The number of amides is 6. The Balaban J connectivity index is 1.42. The van der Waals surface area contributed by atoms with E-state index < -0.39 is 29.7 Å². The molecule has 10 nitrogen and oxygen atoms in total. The lowest BCUT2D eigenvalue weighted by Crippen LogP contribution is -2.53. The number of hydrogen-bond donors (Lipinski definition) is 1. The van der Waals surface area contributed by atoms with Crippen molar-refractivity contribution in [3.05, 3.63) is 100 Å². The first-order valence-electron chi connectivity index (χ1n) is 11.9. The number of carbonyl (C=O) groups is 5. The molecule has 5 rings (SSSR count). The third kappa shape index (κ3) is 4.75. The number of benzene rings is 3. The molecule has 1 saturated heterocycles. The van der Waals surface area contributed by atoms with Crippen LogP contribution in [0.2, 0.25) is 0 Å². The van der Waals surface area contributed by atoms with Crippen molar-refractivity contribution in [2.45, 2.75) is 13.1 Å². The Labute approximate surface area is 223 Å². The lowest BCUT2D eigenvalue weighted by atomic mass is 10.0. The summed E-state index contributed by atoms with van der Waals surface area (Å²) in [4.78, 5) is 66.1. The first-order chi connectivity index (χ1) is 18.8. The number of carbonyl (C=O) groups excluding carboxylic acids is 5. The number of urea groups is 1. The maximum atomic E-state index is 13.2. The molecule has 0 radical (unpaired) electrons. The normalized spacial score (nSPS) is 16.1. The molecule has 1 fully saturated rings. The zero-order chi connectivity index (χ0) is 27.7. The molecule has 3 aromatic carbocycles. The third-order valence-electron chi connectivity index (χ3n) is 6.51. The number of barbiturate groups is 1. The summed E-state index contributed by atoms with van der Waals surface area (Å²) in [6.45, 7) is -0.123. The minimum Gasteiger partial charge on any atom is -0.497 e. The van der Waals surface area contributed by atoms with Crippen LogP contribution < -0.4 is 14.8 Å². The molecule has 0 aromatic heterocycles. The summed E-state index contributed by atoms with van der Waals surface area (Å²) in [5.74, 6) is -1.37. The van der Waals surface area contributed by atoms with Gasteiger partial charge in [0.25, 0.3) is 23.6 Å². The second kappa shape index (κ2) is 10.3. The van der Waals surface area contributed by atoms with Crippen LogP contribution in [0.4, 0.5) is 4.79 Å². The van der Waals surface area contributed by atoms with E-state index in [1.54, 1.807) is 66.7 Å². The highest BCUT2D eigenvalue weighted by atomic mass is 16.5. The van der Waals surface area contributed by atoms with Gasteiger partial charge in [-0.1, -0.05) is 30.3 Å². The van der Waals surface area contributed by atoms with Crippen molar-refractivity contribution in [2.24, 2.45) is 0 Å². The Hall–Kier alpha value is -5.25. The number of fused-ring (bicyclic) bond motifs is 1. The zero-order valence-electron chi connectivity index (χ0n) is 21.1. The van der Waals surface area contributed by atoms with Gasteiger partial charge in [0.1, 0.15) is 17.1 Å². The summed E-state index contributed by atoms with van der Waals surface area (Å²) in [7, 11) is 2.99. The monoisotopic (exact) mass is 525 g/mol. The number of nitrogens with one attached hydrogen (secondary N) is 1. The first kappa shape index (κ1) is 25.4. The molecule has 0 bridgehead atoms. The Bertz CT molecular complexity index is 1520. The fourth-order valence-corrected chi connectivity index (χ4v) is 4.48. The van der Waals surface area contributed by atoms with Crippen LogP contribution in [0.1, 0.15) is 37.4 Å². The highest BCUT2D eigenvalue weighted by Gasteiger charge is 2.37. The fourth-order valence-electron chi connectivity index (χ4n) is 4.48. The van der Waals surface area contributed by atoms with Crippen LogP contribution in [0.15, 0.2) is 72.3 Å². The number of ether oxygens (including phenoxy) is 2. The van der Waals surface area contributed by atoms with E-state index in [4.69, 9.17) is 9.47 Å².